The fourth-order valence-corrected chi connectivity index (χ4v) is 2.50. The summed E-state index contributed by atoms with van der Waals surface area (Å²) in [6.07, 6.45) is 4.30. The fraction of sp³-hybridized carbons (Fsp3) is 0.188. The molecule has 0 saturated carbocycles. The van der Waals surface area contributed by atoms with Crippen LogP contribution in [-0.2, 0) is 6.42 Å². The molecule has 0 amide bonds. The Hall–Kier alpha value is -2.49. The van der Waals surface area contributed by atoms with Crippen LogP contribution >= 0.6 is 0 Å². The van der Waals surface area contributed by atoms with Gasteiger partial charge in [-0.3, -0.25) is 4.98 Å². The molecule has 0 atom stereocenters. The van der Waals surface area contributed by atoms with Crippen LogP contribution in [0, 0.1) is 0 Å². The number of nitrogens with one attached hydrogen (secondary N) is 1. The van der Waals surface area contributed by atoms with Crippen LogP contribution in [0.15, 0.2) is 42.9 Å². The topological polar surface area (TPSA) is 50.7 Å². The molecule has 4 nitrogen and oxygen atoms in total. The molecule has 1 N–H and O–H groups in total. The Kier molecular flexibility index (Phi) is 3.29. The van der Waals surface area contributed by atoms with Crippen LogP contribution in [0.2, 0.25) is 0 Å². The fourth-order valence-electron chi connectivity index (χ4n) is 2.50. The van der Waals surface area contributed by atoms with Gasteiger partial charge in [-0.25, -0.2) is 9.97 Å². The quantitative estimate of drug-likeness (QED) is 0.788. The van der Waals surface area contributed by atoms with Crippen LogP contribution < -0.4 is 5.32 Å². The summed E-state index contributed by atoms with van der Waals surface area (Å²) in [5, 5.41) is 4.25. The molecule has 0 aliphatic heterocycles. The van der Waals surface area contributed by atoms with Gasteiger partial charge in [0.1, 0.15) is 12.1 Å². The minimum Gasteiger partial charge on any atom is -0.373 e. The van der Waals surface area contributed by atoms with E-state index in [-0.39, 0.29) is 0 Å². The zero-order valence-corrected chi connectivity index (χ0v) is 11.6. The Morgan fingerprint density at radius 1 is 1.05 bits per heavy atom. The summed E-state index contributed by atoms with van der Waals surface area (Å²) in [4.78, 5) is 13.2. The van der Waals surface area contributed by atoms with Crippen molar-refractivity contribution in [3.63, 3.8) is 0 Å². The summed E-state index contributed by atoms with van der Waals surface area (Å²) in [5.41, 5.74) is 4.19. The molecule has 1 aromatic carbocycles. The highest BCUT2D eigenvalue weighted by Gasteiger charge is 2.13. The van der Waals surface area contributed by atoms with E-state index in [2.05, 4.69) is 39.3 Å². The van der Waals surface area contributed by atoms with Gasteiger partial charge >= 0.3 is 0 Å². The molecule has 0 fully saturated rings. The first kappa shape index (κ1) is 12.5. The van der Waals surface area contributed by atoms with E-state index in [1.165, 1.54) is 0 Å². The van der Waals surface area contributed by atoms with Crippen molar-refractivity contribution in [2.45, 2.75) is 13.3 Å². The van der Waals surface area contributed by atoms with Gasteiger partial charge < -0.3 is 5.32 Å². The third-order valence-corrected chi connectivity index (χ3v) is 3.44. The van der Waals surface area contributed by atoms with Gasteiger partial charge in [-0.1, -0.05) is 25.1 Å². The maximum Gasteiger partial charge on any atom is 0.132 e. The molecule has 0 unspecified atom stereocenters. The van der Waals surface area contributed by atoms with Crippen molar-refractivity contribution >= 4 is 16.7 Å². The molecule has 0 spiro atoms. The lowest BCUT2D eigenvalue weighted by Crippen LogP contribution is -2.02. The molecule has 3 rings (SSSR count). The zero-order chi connectivity index (χ0) is 13.9. The number of hydrogen-bond acceptors (Lipinski definition) is 4. The molecule has 0 aliphatic carbocycles. The van der Waals surface area contributed by atoms with Gasteiger partial charge in [0.15, 0.2) is 0 Å². The molecule has 20 heavy (non-hydrogen) atoms. The molecule has 0 radical (unpaired) electrons. The summed E-state index contributed by atoms with van der Waals surface area (Å²) < 4.78 is 0. The first-order valence-electron chi connectivity index (χ1n) is 6.71. The third kappa shape index (κ3) is 1.99. The second kappa shape index (κ2) is 5.25. The largest absolute Gasteiger partial charge is 0.373 e. The number of anilines is 1. The maximum absolute atomic E-state index is 4.50. The van der Waals surface area contributed by atoms with Gasteiger partial charge in [-0.2, -0.15) is 0 Å². The van der Waals surface area contributed by atoms with Crippen LogP contribution in [0.25, 0.3) is 22.2 Å². The van der Waals surface area contributed by atoms with Crippen LogP contribution in [0.3, 0.4) is 0 Å². The van der Waals surface area contributed by atoms with E-state index in [1.54, 1.807) is 6.33 Å². The van der Waals surface area contributed by atoms with Crippen molar-refractivity contribution in [2.75, 3.05) is 12.4 Å². The van der Waals surface area contributed by atoms with E-state index >= 15 is 0 Å². The Bertz CT molecular complexity index is 747. The van der Waals surface area contributed by atoms with Crippen molar-refractivity contribution in [2.24, 2.45) is 0 Å². The lowest BCUT2D eigenvalue weighted by atomic mass is 10.0. The Morgan fingerprint density at radius 3 is 2.75 bits per heavy atom. The second-order valence-electron chi connectivity index (χ2n) is 4.53. The molecular weight excluding hydrogens is 248 g/mol. The second-order valence-corrected chi connectivity index (χ2v) is 4.53. The average Bonchev–Trinajstić information content (AvgIpc) is 2.53. The van der Waals surface area contributed by atoms with Gasteiger partial charge in [0, 0.05) is 29.8 Å². The average molecular weight is 264 g/mol. The summed E-state index contributed by atoms with van der Waals surface area (Å²) >= 11 is 0. The van der Waals surface area contributed by atoms with Gasteiger partial charge in [-0.05, 0) is 18.6 Å². The molecular formula is C16H16N4. The minimum atomic E-state index is 0.878. The maximum atomic E-state index is 4.50. The van der Waals surface area contributed by atoms with E-state index in [1.807, 2.05) is 31.4 Å². The van der Waals surface area contributed by atoms with Crippen LogP contribution in [0.5, 0.6) is 0 Å². The normalized spacial score (nSPS) is 10.7. The summed E-state index contributed by atoms with van der Waals surface area (Å²) in [6, 6.07) is 10.2. The highest BCUT2D eigenvalue weighted by Crippen LogP contribution is 2.31. The first-order chi connectivity index (χ1) is 9.85. The van der Waals surface area contributed by atoms with Crippen molar-refractivity contribution < 1.29 is 0 Å². The molecule has 4 heteroatoms. The van der Waals surface area contributed by atoms with Crippen LogP contribution in [0.4, 0.5) is 5.82 Å². The SMILES string of the molecule is CCc1c(NC)ncnc1-c1cccc2ncccc12. The smallest absolute Gasteiger partial charge is 0.132 e. The zero-order valence-electron chi connectivity index (χ0n) is 11.6. The number of fused-ring (bicyclic) bond motifs is 1. The number of aromatic nitrogens is 3. The molecule has 2 aromatic heterocycles. The summed E-state index contributed by atoms with van der Waals surface area (Å²) in [5.74, 6) is 0.887. The number of rotatable bonds is 3. The van der Waals surface area contributed by atoms with Crippen molar-refractivity contribution in [1.82, 2.24) is 15.0 Å². The number of benzene rings is 1. The van der Waals surface area contributed by atoms with Crippen molar-refractivity contribution in [3.8, 4) is 11.3 Å². The van der Waals surface area contributed by atoms with E-state index in [9.17, 15) is 0 Å². The van der Waals surface area contributed by atoms with E-state index < -0.39 is 0 Å². The highest BCUT2D eigenvalue weighted by atomic mass is 15.0. The molecule has 0 bridgehead atoms. The van der Waals surface area contributed by atoms with E-state index in [4.69, 9.17) is 0 Å². The highest BCUT2D eigenvalue weighted by molar-refractivity contribution is 5.94. The van der Waals surface area contributed by atoms with Gasteiger partial charge in [0.2, 0.25) is 0 Å². The van der Waals surface area contributed by atoms with E-state index in [0.29, 0.717) is 0 Å². The number of pyridine rings is 1. The predicted molar refractivity (Wildman–Crippen MR) is 81.7 cm³/mol. The first-order valence-corrected chi connectivity index (χ1v) is 6.71. The predicted octanol–water partition coefficient (Wildman–Crippen LogP) is 3.30. The summed E-state index contributed by atoms with van der Waals surface area (Å²) in [6.45, 7) is 2.12. The molecule has 100 valence electrons. The molecule has 0 aliphatic rings. The van der Waals surface area contributed by atoms with Gasteiger partial charge in [0.05, 0.1) is 11.2 Å². The van der Waals surface area contributed by atoms with Crippen molar-refractivity contribution in [3.05, 3.63) is 48.4 Å². The van der Waals surface area contributed by atoms with E-state index in [0.717, 1.165) is 40.0 Å². The van der Waals surface area contributed by atoms with Crippen LogP contribution in [-0.4, -0.2) is 22.0 Å². The molecule has 0 saturated heterocycles. The summed E-state index contributed by atoms with van der Waals surface area (Å²) in [7, 11) is 1.88. The Balaban J connectivity index is 2.31. The molecule has 2 heterocycles. The van der Waals surface area contributed by atoms with Gasteiger partial charge in [-0.15, -0.1) is 0 Å². The molecule has 3 aromatic rings. The lowest BCUT2D eigenvalue weighted by molar-refractivity contribution is 1.05. The Morgan fingerprint density at radius 2 is 1.95 bits per heavy atom. The number of nitrogens with zero attached hydrogens (tertiary/aromatic N) is 3. The standard InChI is InChI=1S/C16H16N4/c1-3-11-15(19-10-20-16(11)17-2)13-6-4-8-14-12(13)7-5-9-18-14/h4-10H,3H2,1-2H3,(H,17,19,20). The van der Waals surface area contributed by atoms with Crippen LogP contribution in [0.1, 0.15) is 12.5 Å². The van der Waals surface area contributed by atoms with Gasteiger partial charge in [0.25, 0.3) is 0 Å². The number of hydrogen-bond donors (Lipinski definition) is 1. The lowest BCUT2D eigenvalue weighted by Gasteiger charge is -2.12. The third-order valence-electron chi connectivity index (χ3n) is 3.44. The minimum absolute atomic E-state index is 0.878. The monoisotopic (exact) mass is 264 g/mol. The van der Waals surface area contributed by atoms with Crippen molar-refractivity contribution in [1.29, 1.82) is 0 Å². The Labute approximate surface area is 117 Å².